The number of rotatable bonds is 5. The fourth-order valence-corrected chi connectivity index (χ4v) is 6.11. The van der Waals surface area contributed by atoms with Crippen LogP contribution in [0, 0.1) is 5.92 Å². The summed E-state index contributed by atoms with van der Waals surface area (Å²) in [5, 5.41) is 3.37. The summed E-state index contributed by atoms with van der Waals surface area (Å²) in [5.41, 5.74) is 3.26. The zero-order chi connectivity index (χ0) is 24.3. The number of anilines is 1. The Kier molecular flexibility index (Phi) is 6.86. The molecule has 6 rings (SSSR count). The number of nitrogens with one attached hydrogen (secondary N) is 1. The fraction of sp³-hybridized carbons (Fsp3) is 0.571. The molecule has 0 aliphatic carbocycles. The van der Waals surface area contributed by atoms with E-state index in [4.69, 9.17) is 4.98 Å². The minimum Gasteiger partial charge on any atom is -0.355 e. The van der Waals surface area contributed by atoms with E-state index in [1.165, 1.54) is 24.8 Å². The van der Waals surface area contributed by atoms with Gasteiger partial charge in [0.15, 0.2) is 17.0 Å². The van der Waals surface area contributed by atoms with E-state index in [0.29, 0.717) is 6.04 Å². The molecule has 0 spiro atoms. The molecule has 0 radical (unpaired) electrons. The molecule has 190 valence electrons. The highest BCUT2D eigenvalue weighted by atomic mass is 16.2. The molecule has 0 atom stereocenters. The summed E-state index contributed by atoms with van der Waals surface area (Å²) >= 11 is 0. The predicted molar refractivity (Wildman–Crippen MR) is 141 cm³/mol. The van der Waals surface area contributed by atoms with Gasteiger partial charge in [0.05, 0.1) is 0 Å². The van der Waals surface area contributed by atoms with Crippen molar-refractivity contribution >= 4 is 22.9 Å². The Morgan fingerprint density at radius 2 is 1.72 bits per heavy atom. The van der Waals surface area contributed by atoms with Crippen molar-refractivity contribution in [3.8, 4) is 0 Å². The van der Waals surface area contributed by atoms with Crippen LogP contribution in [0.15, 0.2) is 36.7 Å². The lowest BCUT2D eigenvalue weighted by molar-refractivity contribution is -0.126. The van der Waals surface area contributed by atoms with Gasteiger partial charge >= 0.3 is 0 Å². The SMILES string of the molecule is O=C(NC1CCN(Cc2ccccc2)CC1)C1CCN(c2ncnc3c2nc2n3CCCCC2)CC1. The van der Waals surface area contributed by atoms with Gasteiger partial charge in [-0.1, -0.05) is 36.8 Å². The average molecular weight is 488 g/mol. The van der Waals surface area contributed by atoms with Crippen molar-refractivity contribution < 1.29 is 4.79 Å². The maximum atomic E-state index is 13.1. The van der Waals surface area contributed by atoms with Crippen molar-refractivity contribution in [3.63, 3.8) is 0 Å². The number of carbonyl (C=O) groups is 1. The zero-order valence-corrected chi connectivity index (χ0v) is 21.1. The van der Waals surface area contributed by atoms with Gasteiger partial charge in [-0.25, -0.2) is 15.0 Å². The fourth-order valence-electron chi connectivity index (χ4n) is 6.11. The summed E-state index contributed by atoms with van der Waals surface area (Å²) in [6.07, 6.45) is 10.1. The van der Waals surface area contributed by atoms with Crippen LogP contribution in [0.3, 0.4) is 0 Å². The van der Waals surface area contributed by atoms with Crippen molar-refractivity contribution in [2.24, 2.45) is 5.92 Å². The highest BCUT2D eigenvalue weighted by Gasteiger charge is 2.30. The topological polar surface area (TPSA) is 79.2 Å². The second kappa shape index (κ2) is 10.5. The minimum absolute atomic E-state index is 0.0830. The maximum absolute atomic E-state index is 13.1. The van der Waals surface area contributed by atoms with E-state index in [1.54, 1.807) is 6.33 Å². The Hall–Kier alpha value is -3.00. The van der Waals surface area contributed by atoms with Crippen LogP contribution in [-0.4, -0.2) is 62.5 Å². The molecule has 0 unspecified atom stereocenters. The maximum Gasteiger partial charge on any atom is 0.223 e. The van der Waals surface area contributed by atoms with Crippen LogP contribution in [0.25, 0.3) is 11.2 Å². The molecule has 8 heteroatoms. The van der Waals surface area contributed by atoms with Gasteiger partial charge in [-0.3, -0.25) is 9.69 Å². The van der Waals surface area contributed by atoms with E-state index in [2.05, 4.69) is 60.0 Å². The molecule has 36 heavy (non-hydrogen) atoms. The zero-order valence-electron chi connectivity index (χ0n) is 21.1. The Morgan fingerprint density at radius 1 is 0.917 bits per heavy atom. The van der Waals surface area contributed by atoms with Gasteiger partial charge in [0.2, 0.25) is 5.91 Å². The molecule has 5 heterocycles. The first kappa shape index (κ1) is 23.4. The highest BCUT2D eigenvalue weighted by molar-refractivity contribution is 5.84. The lowest BCUT2D eigenvalue weighted by Gasteiger charge is -2.35. The summed E-state index contributed by atoms with van der Waals surface area (Å²) in [4.78, 5) is 32.1. The van der Waals surface area contributed by atoms with Crippen LogP contribution >= 0.6 is 0 Å². The molecule has 1 N–H and O–H groups in total. The molecule has 0 saturated carbocycles. The van der Waals surface area contributed by atoms with Gasteiger partial charge in [-0.05, 0) is 44.1 Å². The van der Waals surface area contributed by atoms with Gasteiger partial charge in [0.25, 0.3) is 0 Å². The minimum atomic E-state index is 0.0830. The third-order valence-corrected chi connectivity index (χ3v) is 8.22. The second-order valence-corrected chi connectivity index (χ2v) is 10.7. The van der Waals surface area contributed by atoms with Crippen LogP contribution in [0.2, 0.25) is 0 Å². The number of aromatic nitrogens is 4. The third kappa shape index (κ3) is 4.96. The molecule has 3 aliphatic rings. The molecule has 1 aromatic carbocycles. The average Bonchev–Trinajstić information content (AvgIpc) is 3.11. The number of aryl methyl sites for hydroxylation is 2. The van der Waals surface area contributed by atoms with Crippen LogP contribution in [0.1, 0.15) is 56.3 Å². The van der Waals surface area contributed by atoms with Gasteiger partial charge in [0.1, 0.15) is 12.2 Å². The molecular formula is C28H37N7O. The number of fused-ring (bicyclic) bond motifs is 3. The van der Waals surface area contributed by atoms with Gasteiger partial charge in [-0.15, -0.1) is 0 Å². The van der Waals surface area contributed by atoms with Crippen molar-refractivity contribution in [2.45, 2.75) is 70.5 Å². The Morgan fingerprint density at radius 3 is 2.53 bits per heavy atom. The third-order valence-electron chi connectivity index (χ3n) is 8.22. The first-order valence-electron chi connectivity index (χ1n) is 13.8. The van der Waals surface area contributed by atoms with Gasteiger partial charge < -0.3 is 14.8 Å². The van der Waals surface area contributed by atoms with Crippen molar-refractivity contribution in [3.05, 3.63) is 48.0 Å². The van der Waals surface area contributed by atoms with Gasteiger partial charge in [-0.2, -0.15) is 0 Å². The summed E-state index contributed by atoms with van der Waals surface area (Å²) in [6, 6.07) is 10.9. The van der Waals surface area contributed by atoms with Crippen molar-refractivity contribution in [1.82, 2.24) is 29.7 Å². The highest BCUT2D eigenvalue weighted by Crippen LogP contribution is 2.29. The van der Waals surface area contributed by atoms with E-state index in [1.807, 2.05) is 0 Å². The number of piperidine rings is 2. The normalized spacial score (nSPS) is 20.3. The summed E-state index contributed by atoms with van der Waals surface area (Å²) < 4.78 is 2.29. The number of carbonyl (C=O) groups excluding carboxylic acids is 1. The molecule has 3 aliphatic heterocycles. The van der Waals surface area contributed by atoms with Gasteiger partial charge in [0, 0.05) is 57.6 Å². The smallest absolute Gasteiger partial charge is 0.223 e. The summed E-state index contributed by atoms with van der Waals surface area (Å²) in [7, 11) is 0. The van der Waals surface area contributed by atoms with Crippen LogP contribution in [0.5, 0.6) is 0 Å². The standard InChI is InChI=1S/C28H37N7O/c36-28(31-23-12-15-33(16-13-23)19-21-7-3-1-4-8-21)22-10-17-34(18-11-22)26-25-27(30-20-29-26)35-14-6-2-5-9-24(35)32-25/h1,3-4,7-8,20,22-23H,2,5-6,9-19H2,(H,31,36). The quantitative estimate of drug-likeness (QED) is 0.593. The lowest BCUT2D eigenvalue weighted by atomic mass is 9.94. The van der Waals surface area contributed by atoms with Crippen LogP contribution < -0.4 is 10.2 Å². The summed E-state index contributed by atoms with van der Waals surface area (Å²) in [6.45, 7) is 5.74. The molecule has 1 amide bonds. The Balaban J connectivity index is 1.02. The largest absolute Gasteiger partial charge is 0.355 e. The number of hydrogen-bond acceptors (Lipinski definition) is 6. The second-order valence-electron chi connectivity index (χ2n) is 10.7. The molecule has 2 aromatic heterocycles. The van der Waals surface area contributed by atoms with Crippen LogP contribution in [-0.2, 0) is 24.3 Å². The Bertz CT molecular complexity index is 1180. The number of imidazole rings is 1. The number of amides is 1. The number of benzene rings is 1. The number of nitrogens with zero attached hydrogens (tertiary/aromatic N) is 6. The molecular weight excluding hydrogens is 450 g/mol. The van der Waals surface area contributed by atoms with Crippen LogP contribution in [0.4, 0.5) is 5.82 Å². The molecule has 8 nitrogen and oxygen atoms in total. The van der Waals surface area contributed by atoms with E-state index in [9.17, 15) is 4.79 Å². The van der Waals surface area contributed by atoms with E-state index in [0.717, 1.165) is 94.2 Å². The molecule has 2 saturated heterocycles. The monoisotopic (exact) mass is 487 g/mol. The lowest BCUT2D eigenvalue weighted by Crippen LogP contribution is -2.48. The molecule has 2 fully saturated rings. The Labute approximate surface area is 213 Å². The number of likely N-dealkylation sites (tertiary alicyclic amines) is 1. The van der Waals surface area contributed by atoms with E-state index in [-0.39, 0.29) is 11.8 Å². The van der Waals surface area contributed by atoms with Crippen molar-refractivity contribution in [2.75, 3.05) is 31.1 Å². The number of hydrogen-bond donors (Lipinski definition) is 1. The first-order chi connectivity index (χ1) is 17.7. The first-order valence-corrected chi connectivity index (χ1v) is 13.8. The van der Waals surface area contributed by atoms with E-state index >= 15 is 0 Å². The molecule has 3 aromatic rings. The van der Waals surface area contributed by atoms with Crippen molar-refractivity contribution in [1.29, 1.82) is 0 Å². The van der Waals surface area contributed by atoms with E-state index < -0.39 is 0 Å². The predicted octanol–water partition coefficient (Wildman–Crippen LogP) is 3.55. The summed E-state index contributed by atoms with van der Waals surface area (Å²) in [5.74, 6) is 2.40. The molecule has 0 bridgehead atoms.